The molecule has 4 amide bonds. The van der Waals surface area contributed by atoms with Gasteiger partial charge in [-0.1, -0.05) is 24.6 Å². The number of amides is 4. The topological polar surface area (TPSA) is 132 Å². The van der Waals surface area contributed by atoms with Crippen molar-refractivity contribution in [3.63, 3.8) is 0 Å². The molecule has 0 aliphatic heterocycles. The smallest absolute Gasteiger partial charge is 0.321 e. The molecule has 1 fully saturated rings. The molecule has 1 aromatic rings. The highest BCUT2D eigenvalue weighted by Crippen LogP contribution is 2.23. The first-order valence-electron chi connectivity index (χ1n) is 8.89. The molecular formula is C16H26N6O3S. The average Bonchev–Trinajstić information content (AvgIpc) is 3.22. The van der Waals surface area contributed by atoms with E-state index in [2.05, 4.69) is 20.8 Å². The van der Waals surface area contributed by atoms with Gasteiger partial charge in [0.15, 0.2) is 5.16 Å². The van der Waals surface area contributed by atoms with Crippen LogP contribution in [-0.2, 0) is 22.6 Å². The number of hydrogen-bond donors (Lipinski definition) is 3. The molecule has 0 aromatic carbocycles. The van der Waals surface area contributed by atoms with Crippen molar-refractivity contribution in [3.05, 3.63) is 5.82 Å². The number of rotatable bonds is 8. The fourth-order valence-electron chi connectivity index (χ4n) is 2.86. The van der Waals surface area contributed by atoms with Crippen LogP contribution in [0, 0.1) is 0 Å². The molecule has 1 aromatic heterocycles. The summed E-state index contributed by atoms with van der Waals surface area (Å²) in [6.45, 7) is 4.25. The molecule has 26 heavy (non-hydrogen) atoms. The molecule has 0 spiro atoms. The predicted octanol–water partition coefficient (Wildman–Crippen LogP) is 0.965. The number of imide groups is 1. The lowest BCUT2D eigenvalue weighted by Crippen LogP contribution is -2.45. The van der Waals surface area contributed by atoms with Crippen molar-refractivity contribution in [2.75, 3.05) is 0 Å². The Hall–Kier alpha value is -2.10. The summed E-state index contributed by atoms with van der Waals surface area (Å²) in [7, 11) is 0. The molecule has 1 saturated carbocycles. The quantitative estimate of drug-likeness (QED) is 0.574. The highest BCUT2D eigenvalue weighted by Gasteiger charge is 2.23. The number of thioether (sulfide) groups is 1. The second-order valence-electron chi connectivity index (χ2n) is 6.31. The summed E-state index contributed by atoms with van der Waals surface area (Å²) in [5.74, 6) is -0.124. The van der Waals surface area contributed by atoms with E-state index in [0.29, 0.717) is 23.9 Å². The van der Waals surface area contributed by atoms with Gasteiger partial charge in [-0.2, -0.15) is 0 Å². The van der Waals surface area contributed by atoms with Crippen LogP contribution in [0.4, 0.5) is 4.79 Å². The van der Waals surface area contributed by atoms with Crippen LogP contribution in [0.1, 0.15) is 51.8 Å². The summed E-state index contributed by atoms with van der Waals surface area (Å²) in [4.78, 5) is 35.1. The van der Waals surface area contributed by atoms with Crippen LogP contribution in [0.25, 0.3) is 0 Å². The lowest BCUT2D eigenvalue weighted by Gasteiger charge is -2.15. The van der Waals surface area contributed by atoms with Gasteiger partial charge >= 0.3 is 6.03 Å². The van der Waals surface area contributed by atoms with E-state index in [-0.39, 0.29) is 18.4 Å². The van der Waals surface area contributed by atoms with E-state index in [1.807, 2.05) is 11.5 Å². The van der Waals surface area contributed by atoms with E-state index < -0.39 is 17.2 Å². The van der Waals surface area contributed by atoms with Crippen molar-refractivity contribution in [2.45, 2.75) is 75.4 Å². The maximum Gasteiger partial charge on any atom is 0.321 e. The van der Waals surface area contributed by atoms with Crippen LogP contribution in [-0.4, -0.2) is 43.9 Å². The minimum absolute atomic E-state index is 0.154. The SMILES string of the molecule is CCn1c(CCC(N)=O)nnc1S[C@@H](C)C(=O)NC(=O)NC1CCCC1. The number of urea groups is 1. The van der Waals surface area contributed by atoms with Crippen LogP contribution in [0.2, 0.25) is 0 Å². The molecule has 1 aliphatic rings. The van der Waals surface area contributed by atoms with Crippen molar-refractivity contribution < 1.29 is 14.4 Å². The zero-order valence-electron chi connectivity index (χ0n) is 15.2. The third-order valence-electron chi connectivity index (χ3n) is 4.28. The molecule has 0 unspecified atom stereocenters. The Morgan fingerprint density at radius 2 is 2.00 bits per heavy atom. The largest absolute Gasteiger partial charge is 0.370 e. The van der Waals surface area contributed by atoms with Crippen molar-refractivity contribution in [1.82, 2.24) is 25.4 Å². The van der Waals surface area contributed by atoms with Gasteiger partial charge in [-0.15, -0.1) is 10.2 Å². The van der Waals surface area contributed by atoms with Crippen LogP contribution in [0.15, 0.2) is 5.16 Å². The summed E-state index contributed by atoms with van der Waals surface area (Å²) in [5, 5.41) is 13.4. The molecule has 1 aliphatic carbocycles. The van der Waals surface area contributed by atoms with Crippen molar-refractivity contribution >= 4 is 29.6 Å². The van der Waals surface area contributed by atoms with E-state index in [1.165, 1.54) is 11.8 Å². The minimum atomic E-state index is -0.511. The zero-order valence-corrected chi connectivity index (χ0v) is 16.0. The molecule has 144 valence electrons. The summed E-state index contributed by atoms with van der Waals surface area (Å²) in [5.41, 5.74) is 5.17. The van der Waals surface area contributed by atoms with Gasteiger partial charge in [0.2, 0.25) is 11.8 Å². The Morgan fingerprint density at radius 1 is 1.31 bits per heavy atom. The van der Waals surface area contributed by atoms with Gasteiger partial charge < -0.3 is 15.6 Å². The predicted molar refractivity (Wildman–Crippen MR) is 97.5 cm³/mol. The molecule has 0 saturated heterocycles. The Kier molecular flexibility index (Phi) is 7.43. The molecular weight excluding hydrogens is 356 g/mol. The standard InChI is InChI=1S/C16H26N6O3S/c1-3-22-13(9-8-12(17)23)20-21-16(22)26-10(2)14(24)19-15(25)18-11-6-4-5-7-11/h10-11H,3-9H2,1-2H3,(H2,17,23)(H2,18,19,24,25)/t10-/m0/s1. The second-order valence-corrected chi connectivity index (χ2v) is 7.62. The molecule has 0 bridgehead atoms. The Morgan fingerprint density at radius 3 is 2.62 bits per heavy atom. The number of nitrogens with zero attached hydrogens (tertiary/aromatic N) is 3. The first-order chi connectivity index (χ1) is 12.4. The number of carbonyl (C=O) groups is 3. The zero-order chi connectivity index (χ0) is 19.1. The van der Waals surface area contributed by atoms with Crippen LogP contribution < -0.4 is 16.4 Å². The molecule has 4 N–H and O–H groups in total. The monoisotopic (exact) mass is 382 g/mol. The first-order valence-corrected chi connectivity index (χ1v) is 9.77. The lowest BCUT2D eigenvalue weighted by atomic mass is 10.2. The van der Waals surface area contributed by atoms with Gasteiger partial charge in [-0.25, -0.2) is 4.79 Å². The molecule has 2 rings (SSSR count). The number of aromatic nitrogens is 3. The first kappa shape index (κ1) is 20.2. The molecule has 1 heterocycles. The average molecular weight is 382 g/mol. The van der Waals surface area contributed by atoms with Gasteiger partial charge in [0, 0.05) is 25.4 Å². The normalized spacial score (nSPS) is 15.6. The van der Waals surface area contributed by atoms with Gasteiger partial charge in [0.05, 0.1) is 5.25 Å². The fraction of sp³-hybridized carbons (Fsp3) is 0.688. The van der Waals surface area contributed by atoms with E-state index in [9.17, 15) is 14.4 Å². The van der Waals surface area contributed by atoms with Crippen LogP contribution in [0.5, 0.6) is 0 Å². The van der Waals surface area contributed by atoms with Gasteiger partial charge in [-0.3, -0.25) is 14.9 Å². The Labute approximate surface area is 156 Å². The summed E-state index contributed by atoms with van der Waals surface area (Å²) in [6, 6.07) is -0.296. The number of nitrogens with one attached hydrogen (secondary N) is 2. The highest BCUT2D eigenvalue weighted by atomic mass is 32.2. The van der Waals surface area contributed by atoms with Crippen LogP contribution in [0.3, 0.4) is 0 Å². The van der Waals surface area contributed by atoms with Crippen molar-refractivity contribution in [2.24, 2.45) is 5.73 Å². The number of carbonyl (C=O) groups excluding carboxylic acids is 3. The summed E-state index contributed by atoms with van der Waals surface area (Å²) >= 11 is 1.22. The van der Waals surface area contributed by atoms with Gasteiger partial charge in [-0.05, 0) is 26.7 Å². The Balaban J connectivity index is 1.89. The van der Waals surface area contributed by atoms with E-state index in [4.69, 9.17) is 5.73 Å². The minimum Gasteiger partial charge on any atom is -0.370 e. The van der Waals surface area contributed by atoms with E-state index >= 15 is 0 Å². The van der Waals surface area contributed by atoms with Crippen molar-refractivity contribution in [3.8, 4) is 0 Å². The van der Waals surface area contributed by atoms with Gasteiger partial charge in [0.1, 0.15) is 5.82 Å². The molecule has 9 nitrogen and oxygen atoms in total. The number of nitrogens with two attached hydrogens (primary N) is 1. The number of hydrogen-bond acceptors (Lipinski definition) is 6. The highest BCUT2D eigenvalue weighted by molar-refractivity contribution is 8.00. The number of primary amides is 1. The maximum atomic E-state index is 12.2. The maximum absolute atomic E-state index is 12.2. The van der Waals surface area contributed by atoms with E-state index in [0.717, 1.165) is 25.7 Å². The molecule has 10 heteroatoms. The fourth-order valence-corrected chi connectivity index (χ4v) is 3.79. The molecule has 1 atom stereocenters. The van der Waals surface area contributed by atoms with Gasteiger partial charge in [0.25, 0.3) is 0 Å². The summed E-state index contributed by atoms with van der Waals surface area (Å²) in [6.07, 6.45) is 4.73. The molecule has 0 radical (unpaired) electrons. The van der Waals surface area contributed by atoms with Crippen LogP contribution >= 0.6 is 11.8 Å². The summed E-state index contributed by atoms with van der Waals surface area (Å²) < 4.78 is 1.84. The third kappa shape index (κ3) is 5.72. The van der Waals surface area contributed by atoms with Crippen molar-refractivity contribution in [1.29, 1.82) is 0 Å². The Bertz CT molecular complexity index is 656. The number of aryl methyl sites for hydroxylation is 1. The lowest BCUT2D eigenvalue weighted by molar-refractivity contribution is -0.119. The second kappa shape index (κ2) is 9.56. The third-order valence-corrected chi connectivity index (χ3v) is 5.36. The van der Waals surface area contributed by atoms with E-state index in [1.54, 1.807) is 6.92 Å².